The normalized spacial score (nSPS) is 10.6. The average molecular weight is 358 g/mol. The molecule has 0 unspecified atom stereocenters. The maximum Gasteiger partial charge on any atom is 0.359 e. The number of carbonyl (C=O) groups is 2. The zero-order valence-corrected chi connectivity index (χ0v) is 14.1. The van der Waals surface area contributed by atoms with Crippen LogP contribution in [0.5, 0.6) is 0 Å². The van der Waals surface area contributed by atoms with Gasteiger partial charge in [-0.25, -0.2) is 9.78 Å². The lowest BCUT2D eigenvalue weighted by Gasteiger charge is -2.06. The number of esters is 1. The van der Waals surface area contributed by atoms with Gasteiger partial charge in [-0.1, -0.05) is 29.8 Å². The van der Waals surface area contributed by atoms with Crippen molar-refractivity contribution in [3.63, 3.8) is 0 Å². The van der Waals surface area contributed by atoms with Gasteiger partial charge in [-0.05, 0) is 36.2 Å². The van der Waals surface area contributed by atoms with Gasteiger partial charge in [-0.2, -0.15) is 0 Å². The van der Waals surface area contributed by atoms with Crippen LogP contribution >= 0.6 is 11.6 Å². The highest BCUT2D eigenvalue weighted by atomic mass is 35.5. The monoisotopic (exact) mass is 357 g/mol. The van der Waals surface area contributed by atoms with Crippen LogP contribution in [0.25, 0.3) is 5.65 Å². The molecule has 0 aliphatic rings. The minimum Gasteiger partial charge on any atom is -0.451 e. The first-order valence-corrected chi connectivity index (χ1v) is 8.11. The van der Waals surface area contributed by atoms with Crippen molar-refractivity contribution in [2.75, 3.05) is 13.2 Å². The number of amides is 1. The second kappa shape index (κ2) is 7.81. The first kappa shape index (κ1) is 17.0. The number of nitrogens with zero attached hydrogens (tertiary/aromatic N) is 2. The molecule has 0 atom stereocenters. The van der Waals surface area contributed by atoms with Crippen molar-refractivity contribution >= 4 is 29.1 Å². The van der Waals surface area contributed by atoms with Crippen molar-refractivity contribution in [3.05, 3.63) is 71.1 Å². The summed E-state index contributed by atoms with van der Waals surface area (Å²) in [5.41, 5.74) is 1.87. The van der Waals surface area contributed by atoms with Crippen molar-refractivity contribution < 1.29 is 14.3 Å². The van der Waals surface area contributed by atoms with E-state index in [1.54, 1.807) is 35.0 Å². The fourth-order valence-corrected chi connectivity index (χ4v) is 2.41. The fraction of sp³-hybridized carbons (Fsp3) is 0.167. The molecular formula is C18H16ClN3O3. The number of aromatic nitrogens is 2. The molecule has 0 fully saturated rings. The first-order valence-electron chi connectivity index (χ1n) is 7.74. The van der Waals surface area contributed by atoms with E-state index in [2.05, 4.69) is 10.3 Å². The van der Waals surface area contributed by atoms with Crippen molar-refractivity contribution in [2.45, 2.75) is 6.42 Å². The van der Waals surface area contributed by atoms with Crippen LogP contribution in [-0.2, 0) is 16.0 Å². The molecule has 0 saturated heterocycles. The van der Waals surface area contributed by atoms with Crippen molar-refractivity contribution in [1.82, 2.24) is 14.7 Å². The number of hydrogen-bond acceptors (Lipinski definition) is 4. The molecule has 0 aliphatic carbocycles. The summed E-state index contributed by atoms with van der Waals surface area (Å²) in [7, 11) is 0. The smallest absolute Gasteiger partial charge is 0.359 e. The lowest BCUT2D eigenvalue weighted by molar-refractivity contribution is -0.124. The van der Waals surface area contributed by atoms with Gasteiger partial charge in [-0.3, -0.25) is 4.79 Å². The number of halogens is 1. The van der Waals surface area contributed by atoms with Crippen LogP contribution in [0.15, 0.2) is 54.9 Å². The van der Waals surface area contributed by atoms with Gasteiger partial charge >= 0.3 is 5.97 Å². The van der Waals surface area contributed by atoms with Gasteiger partial charge < -0.3 is 14.5 Å². The molecule has 0 bridgehead atoms. The van der Waals surface area contributed by atoms with Crippen LogP contribution in [0.3, 0.4) is 0 Å². The summed E-state index contributed by atoms with van der Waals surface area (Å²) in [5, 5.41) is 3.38. The van der Waals surface area contributed by atoms with Gasteiger partial charge in [-0.15, -0.1) is 0 Å². The van der Waals surface area contributed by atoms with Crippen LogP contribution in [0.1, 0.15) is 16.1 Å². The summed E-state index contributed by atoms with van der Waals surface area (Å²) in [5.74, 6) is -0.984. The predicted molar refractivity (Wildman–Crippen MR) is 93.6 cm³/mol. The highest BCUT2D eigenvalue weighted by molar-refractivity contribution is 6.30. The summed E-state index contributed by atoms with van der Waals surface area (Å²) in [6.45, 7) is 0.111. The molecule has 3 aromatic rings. The highest BCUT2D eigenvalue weighted by Crippen LogP contribution is 2.09. The van der Waals surface area contributed by atoms with Crippen LogP contribution in [0.2, 0.25) is 5.02 Å². The number of hydrogen-bond donors (Lipinski definition) is 1. The maximum atomic E-state index is 12.0. The number of nitrogens with one attached hydrogen (secondary N) is 1. The quantitative estimate of drug-likeness (QED) is 0.688. The predicted octanol–water partition coefficient (Wildman–Crippen LogP) is 2.50. The molecule has 1 aromatic carbocycles. The Balaban J connectivity index is 1.43. The number of fused-ring (bicyclic) bond motifs is 1. The summed E-state index contributed by atoms with van der Waals surface area (Å²) in [6.07, 6.45) is 4.02. The lowest BCUT2D eigenvalue weighted by atomic mass is 10.1. The SMILES string of the molecule is O=C(COC(=O)c1cn2ccccc2n1)NCCc1ccc(Cl)cc1. The standard InChI is InChI=1S/C18H16ClN3O3/c19-14-6-4-13(5-7-14)8-9-20-17(23)12-25-18(24)15-11-22-10-2-1-3-16(22)21-15/h1-7,10-11H,8-9,12H2,(H,20,23). The Kier molecular flexibility index (Phi) is 5.30. The largest absolute Gasteiger partial charge is 0.451 e. The maximum absolute atomic E-state index is 12.0. The number of ether oxygens (including phenoxy) is 1. The Morgan fingerprint density at radius 3 is 2.72 bits per heavy atom. The molecule has 1 amide bonds. The third-order valence-electron chi connectivity index (χ3n) is 3.56. The summed E-state index contributed by atoms with van der Waals surface area (Å²) in [4.78, 5) is 27.9. The van der Waals surface area contributed by atoms with E-state index in [0.717, 1.165) is 5.56 Å². The van der Waals surface area contributed by atoms with Crippen LogP contribution in [-0.4, -0.2) is 34.4 Å². The molecule has 0 spiro atoms. The molecule has 2 heterocycles. The Bertz CT molecular complexity index is 857. The Labute approximate surface area is 149 Å². The molecule has 1 N–H and O–H groups in total. The van der Waals surface area contributed by atoms with Crippen molar-refractivity contribution in [1.29, 1.82) is 0 Å². The highest BCUT2D eigenvalue weighted by Gasteiger charge is 2.13. The van der Waals surface area contributed by atoms with Crippen LogP contribution < -0.4 is 5.32 Å². The summed E-state index contributed by atoms with van der Waals surface area (Å²) >= 11 is 5.82. The van der Waals surface area contributed by atoms with Gasteiger partial charge in [0.25, 0.3) is 5.91 Å². The summed E-state index contributed by atoms with van der Waals surface area (Å²) < 4.78 is 6.70. The Morgan fingerprint density at radius 1 is 1.16 bits per heavy atom. The van der Waals surface area contributed by atoms with E-state index in [4.69, 9.17) is 16.3 Å². The topological polar surface area (TPSA) is 72.7 Å². The van der Waals surface area contributed by atoms with E-state index in [9.17, 15) is 9.59 Å². The molecule has 2 aromatic heterocycles. The Hall–Kier alpha value is -2.86. The molecular weight excluding hydrogens is 342 g/mol. The third-order valence-corrected chi connectivity index (χ3v) is 3.81. The molecule has 3 rings (SSSR count). The molecule has 6 nitrogen and oxygen atoms in total. The molecule has 0 radical (unpaired) electrons. The van der Waals surface area contributed by atoms with Gasteiger partial charge in [0.1, 0.15) is 5.65 Å². The van der Waals surface area contributed by atoms with Crippen LogP contribution in [0, 0.1) is 0 Å². The van der Waals surface area contributed by atoms with E-state index in [1.165, 1.54) is 0 Å². The minimum atomic E-state index is -0.628. The minimum absolute atomic E-state index is 0.167. The zero-order valence-electron chi connectivity index (χ0n) is 13.3. The Morgan fingerprint density at radius 2 is 1.96 bits per heavy atom. The van der Waals surface area contributed by atoms with Gasteiger partial charge in [0.15, 0.2) is 12.3 Å². The number of rotatable bonds is 6. The van der Waals surface area contributed by atoms with Crippen LogP contribution in [0.4, 0.5) is 0 Å². The van der Waals surface area contributed by atoms with Gasteiger partial charge in [0.05, 0.1) is 0 Å². The number of imidazole rings is 1. The van der Waals surface area contributed by atoms with Crippen molar-refractivity contribution in [2.24, 2.45) is 0 Å². The zero-order chi connectivity index (χ0) is 17.6. The molecule has 25 heavy (non-hydrogen) atoms. The number of benzene rings is 1. The van der Waals surface area contributed by atoms with E-state index in [1.807, 2.05) is 24.3 Å². The second-order valence-corrected chi connectivity index (χ2v) is 5.83. The second-order valence-electron chi connectivity index (χ2n) is 5.39. The van der Waals surface area contributed by atoms with Gasteiger partial charge in [0.2, 0.25) is 0 Å². The lowest BCUT2D eigenvalue weighted by Crippen LogP contribution is -2.30. The number of carbonyl (C=O) groups excluding carboxylic acids is 2. The molecule has 128 valence electrons. The van der Waals surface area contributed by atoms with E-state index in [-0.39, 0.29) is 18.2 Å². The molecule has 0 saturated carbocycles. The number of pyridine rings is 1. The van der Waals surface area contributed by atoms with E-state index < -0.39 is 5.97 Å². The van der Waals surface area contributed by atoms with Crippen molar-refractivity contribution in [3.8, 4) is 0 Å². The molecule has 7 heteroatoms. The van der Waals surface area contributed by atoms with E-state index in [0.29, 0.717) is 23.6 Å². The fourth-order valence-electron chi connectivity index (χ4n) is 2.29. The van der Waals surface area contributed by atoms with E-state index >= 15 is 0 Å². The average Bonchev–Trinajstić information content (AvgIpc) is 3.05. The molecule has 0 aliphatic heterocycles. The van der Waals surface area contributed by atoms with Gasteiger partial charge in [0, 0.05) is 24.0 Å². The summed E-state index contributed by atoms with van der Waals surface area (Å²) in [6, 6.07) is 12.8. The first-order chi connectivity index (χ1) is 12.1. The third kappa shape index (κ3) is 4.58.